The molecule has 2 aliphatic rings. The first kappa shape index (κ1) is 14.1. The maximum absolute atomic E-state index is 10.2. The van der Waals surface area contributed by atoms with E-state index in [-0.39, 0.29) is 12.0 Å². The standard InChI is InChI=1S/C16H26N2O2/c1-2-11-8-9-12(10-11)15-17-16(20-18-15)13-6-4-3-5-7-14(13)19/h11-14,19H,2-10H2,1H3. The first-order valence-corrected chi connectivity index (χ1v) is 8.29. The molecule has 0 aromatic carbocycles. The third-order valence-corrected chi connectivity index (χ3v) is 5.24. The minimum atomic E-state index is -0.308. The second-order valence-electron chi connectivity index (χ2n) is 6.59. The molecule has 2 fully saturated rings. The van der Waals surface area contributed by atoms with Crippen LogP contribution in [0, 0.1) is 5.92 Å². The van der Waals surface area contributed by atoms with E-state index in [1.54, 1.807) is 0 Å². The van der Waals surface area contributed by atoms with E-state index in [9.17, 15) is 5.11 Å². The molecular formula is C16H26N2O2. The molecule has 4 heteroatoms. The van der Waals surface area contributed by atoms with Crippen molar-refractivity contribution in [2.75, 3.05) is 0 Å². The molecule has 1 heterocycles. The molecule has 20 heavy (non-hydrogen) atoms. The highest BCUT2D eigenvalue weighted by molar-refractivity contribution is 5.04. The lowest BCUT2D eigenvalue weighted by molar-refractivity contribution is 0.119. The Morgan fingerprint density at radius 1 is 1.15 bits per heavy atom. The van der Waals surface area contributed by atoms with Gasteiger partial charge in [-0.05, 0) is 38.0 Å². The first-order valence-electron chi connectivity index (χ1n) is 8.29. The van der Waals surface area contributed by atoms with E-state index in [0.717, 1.165) is 37.4 Å². The van der Waals surface area contributed by atoms with E-state index >= 15 is 0 Å². The first-order chi connectivity index (χ1) is 9.78. The van der Waals surface area contributed by atoms with Gasteiger partial charge in [0.05, 0.1) is 12.0 Å². The fraction of sp³-hybridized carbons (Fsp3) is 0.875. The molecule has 112 valence electrons. The summed E-state index contributed by atoms with van der Waals surface area (Å²) in [6, 6.07) is 0. The Kier molecular flexibility index (Phi) is 4.39. The van der Waals surface area contributed by atoms with Gasteiger partial charge in [-0.2, -0.15) is 4.98 Å². The molecule has 1 N–H and O–H groups in total. The number of rotatable bonds is 3. The van der Waals surface area contributed by atoms with Gasteiger partial charge in [-0.15, -0.1) is 0 Å². The van der Waals surface area contributed by atoms with Crippen LogP contribution in [-0.2, 0) is 0 Å². The van der Waals surface area contributed by atoms with Crippen molar-refractivity contribution in [1.82, 2.24) is 10.1 Å². The molecule has 2 saturated carbocycles. The number of aliphatic hydroxyl groups excluding tert-OH is 1. The molecule has 1 aromatic heterocycles. The third-order valence-electron chi connectivity index (χ3n) is 5.24. The number of aliphatic hydroxyl groups is 1. The predicted molar refractivity (Wildman–Crippen MR) is 76.5 cm³/mol. The molecule has 0 spiro atoms. The second kappa shape index (κ2) is 6.25. The number of nitrogens with zero attached hydrogens (tertiary/aromatic N) is 2. The molecule has 3 rings (SSSR count). The molecule has 4 unspecified atom stereocenters. The summed E-state index contributed by atoms with van der Waals surface area (Å²) in [6.07, 6.45) is 9.93. The van der Waals surface area contributed by atoms with Crippen LogP contribution >= 0.6 is 0 Å². The molecule has 4 nitrogen and oxygen atoms in total. The fourth-order valence-corrected chi connectivity index (χ4v) is 3.82. The lowest BCUT2D eigenvalue weighted by Gasteiger charge is -2.15. The van der Waals surface area contributed by atoms with Gasteiger partial charge in [-0.3, -0.25) is 0 Å². The Hall–Kier alpha value is -0.900. The molecule has 1 aromatic rings. The van der Waals surface area contributed by atoms with Crippen molar-refractivity contribution < 1.29 is 9.63 Å². The molecule has 0 bridgehead atoms. The number of aromatic nitrogens is 2. The quantitative estimate of drug-likeness (QED) is 0.855. The lowest BCUT2D eigenvalue weighted by atomic mass is 9.97. The van der Waals surface area contributed by atoms with Crippen LogP contribution in [-0.4, -0.2) is 21.4 Å². The predicted octanol–water partition coefficient (Wildman–Crippen LogP) is 3.77. The maximum atomic E-state index is 10.2. The van der Waals surface area contributed by atoms with Crippen molar-refractivity contribution in [3.05, 3.63) is 11.7 Å². The normalized spacial score (nSPS) is 35.1. The summed E-state index contributed by atoms with van der Waals surface area (Å²) in [5.41, 5.74) is 0. The molecule has 0 radical (unpaired) electrons. The van der Waals surface area contributed by atoms with Gasteiger partial charge in [0.15, 0.2) is 5.82 Å². The highest BCUT2D eigenvalue weighted by atomic mass is 16.5. The van der Waals surface area contributed by atoms with Gasteiger partial charge in [0.1, 0.15) is 0 Å². The number of hydrogen-bond donors (Lipinski definition) is 1. The summed E-state index contributed by atoms with van der Waals surface area (Å²) in [7, 11) is 0. The van der Waals surface area contributed by atoms with Crippen LogP contribution in [0.4, 0.5) is 0 Å². The SMILES string of the molecule is CCC1CCC(c2noc(C3CCCCCC3O)n2)C1. The molecular weight excluding hydrogens is 252 g/mol. The minimum Gasteiger partial charge on any atom is -0.392 e. The van der Waals surface area contributed by atoms with E-state index in [1.807, 2.05) is 0 Å². The van der Waals surface area contributed by atoms with Crippen LogP contribution in [0.2, 0.25) is 0 Å². The summed E-state index contributed by atoms with van der Waals surface area (Å²) in [5.74, 6) is 2.91. The van der Waals surface area contributed by atoms with Crippen LogP contribution in [0.25, 0.3) is 0 Å². The van der Waals surface area contributed by atoms with Gasteiger partial charge in [0, 0.05) is 5.92 Å². The van der Waals surface area contributed by atoms with E-state index in [2.05, 4.69) is 17.1 Å². The molecule has 2 aliphatic carbocycles. The fourth-order valence-electron chi connectivity index (χ4n) is 3.82. The van der Waals surface area contributed by atoms with E-state index in [4.69, 9.17) is 4.52 Å². The average Bonchev–Trinajstić information content (AvgIpc) is 3.06. The molecule has 0 saturated heterocycles. The summed E-state index contributed by atoms with van der Waals surface area (Å²) in [6.45, 7) is 2.26. The summed E-state index contributed by atoms with van der Waals surface area (Å²) < 4.78 is 5.49. The van der Waals surface area contributed by atoms with Gasteiger partial charge >= 0.3 is 0 Å². The Morgan fingerprint density at radius 2 is 2.00 bits per heavy atom. The van der Waals surface area contributed by atoms with Gasteiger partial charge < -0.3 is 9.63 Å². The second-order valence-corrected chi connectivity index (χ2v) is 6.59. The van der Waals surface area contributed by atoms with Crippen LogP contribution in [0.1, 0.15) is 88.3 Å². The van der Waals surface area contributed by atoms with Gasteiger partial charge in [0.2, 0.25) is 5.89 Å². The van der Waals surface area contributed by atoms with Crippen molar-refractivity contribution in [1.29, 1.82) is 0 Å². The maximum Gasteiger partial charge on any atom is 0.232 e. The van der Waals surface area contributed by atoms with E-state index < -0.39 is 0 Å². The molecule has 4 atom stereocenters. The zero-order chi connectivity index (χ0) is 13.9. The van der Waals surface area contributed by atoms with Crippen LogP contribution in [0.3, 0.4) is 0 Å². The van der Waals surface area contributed by atoms with Gasteiger partial charge in [-0.1, -0.05) is 37.8 Å². The largest absolute Gasteiger partial charge is 0.392 e. The van der Waals surface area contributed by atoms with Gasteiger partial charge in [-0.25, -0.2) is 0 Å². The van der Waals surface area contributed by atoms with E-state index in [0.29, 0.717) is 11.8 Å². The highest BCUT2D eigenvalue weighted by Crippen LogP contribution is 2.39. The Balaban J connectivity index is 1.69. The Morgan fingerprint density at radius 3 is 2.80 bits per heavy atom. The summed E-state index contributed by atoms with van der Waals surface area (Å²) in [5, 5.41) is 14.4. The third kappa shape index (κ3) is 2.90. The van der Waals surface area contributed by atoms with Crippen molar-refractivity contribution in [2.24, 2.45) is 5.92 Å². The summed E-state index contributed by atoms with van der Waals surface area (Å²) >= 11 is 0. The lowest BCUT2D eigenvalue weighted by Crippen LogP contribution is -2.17. The topological polar surface area (TPSA) is 59.2 Å². The van der Waals surface area contributed by atoms with E-state index in [1.165, 1.54) is 32.1 Å². The monoisotopic (exact) mass is 278 g/mol. The zero-order valence-corrected chi connectivity index (χ0v) is 12.4. The Bertz CT molecular complexity index is 432. The average molecular weight is 278 g/mol. The van der Waals surface area contributed by atoms with Crippen LogP contribution in [0.5, 0.6) is 0 Å². The van der Waals surface area contributed by atoms with Crippen molar-refractivity contribution in [2.45, 2.75) is 82.7 Å². The smallest absolute Gasteiger partial charge is 0.232 e. The minimum absolute atomic E-state index is 0.0575. The summed E-state index contributed by atoms with van der Waals surface area (Å²) in [4.78, 5) is 4.64. The van der Waals surface area contributed by atoms with Crippen molar-refractivity contribution in [3.8, 4) is 0 Å². The van der Waals surface area contributed by atoms with Crippen LogP contribution in [0.15, 0.2) is 4.52 Å². The Labute approximate surface area is 121 Å². The van der Waals surface area contributed by atoms with Crippen molar-refractivity contribution >= 4 is 0 Å². The number of hydrogen-bond acceptors (Lipinski definition) is 4. The molecule has 0 amide bonds. The van der Waals surface area contributed by atoms with Crippen LogP contribution < -0.4 is 0 Å². The zero-order valence-electron chi connectivity index (χ0n) is 12.4. The van der Waals surface area contributed by atoms with Crippen molar-refractivity contribution in [3.63, 3.8) is 0 Å². The highest BCUT2D eigenvalue weighted by Gasteiger charge is 2.32. The molecule has 0 aliphatic heterocycles. The van der Waals surface area contributed by atoms with Gasteiger partial charge in [0.25, 0.3) is 0 Å².